The van der Waals surface area contributed by atoms with E-state index in [4.69, 9.17) is 4.74 Å². The number of rotatable bonds is 19. The molecule has 0 radical (unpaired) electrons. The minimum Gasteiger partial charge on any atom is -0.466 e. The predicted octanol–water partition coefficient (Wildman–Crippen LogP) is 7.34. The monoisotopic (exact) mass is 413 g/mol. The molecule has 0 saturated carbocycles. The Morgan fingerprint density at radius 1 is 0.586 bits per heavy atom. The van der Waals surface area contributed by atoms with Gasteiger partial charge in [-0.15, -0.1) is 0 Å². The second-order valence-corrected chi connectivity index (χ2v) is 7.93. The third-order valence-electron chi connectivity index (χ3n) is 5.08. The molecule has 0 spiro atoms. The molecule has 4 nitrogen and oxygen atoms in total. The van der Waals surface area contributed by atoms with Crippen molar-refractivity contribution in [3.8, 4) is 0 Å². The lowest BCUT2D eigenvalue weighted by Crippen LogP contribution is -2.16. The van der Waals surface area contributed by atoms with Crippen molar-refractivity contribution >= 4 is 11.9 Å². The zero-order chi connectivity index (χ0) is 22.0. The van der Waals surface area contributed by atoms with E-state index in [0.717, 1.165) is 12.8 Å². The molecule has 0 heterocycles. The van der Waals surface area contributed by atoms with Gasteiger partial charge >= 0.3 is 5.97 Å². The van der Waals surface area contributed by atoms with Gasteiger partial charge in [-0.2, -0.15) is 0 Å². The molecule has 1 N–H and O–H groups in total. The minimum atomic E-state index is -0.0339. The van der Waals surface area contributed by atoms with E-state index < -0.39 is 0 Å². The van der Waals surface area contributed by atoms with E-state index in [2.05, 4.69) is 19.2 Å². The van der Waals surface area contributed by atoms with Crippen LogP contribution in [-0.2, 0) is 14.3 Å². The number of hydrogen-bond acceptors (Lipinski definition) is 3. The molecule has 0 aliphatic heterocycles. The van der Waals surface area contributed by atoms with Gasteiger partial charge in [0, 0.05) is 19.9 Å². The molecule has 0 rings (SSSR count). The van der Waals surface area contributed by atoms with Gasteiger partial charge in [0.05, 0.1) is 6.61 Å². The number of ether oxygens (including phenoxy) is 1. The molecule has 174 valence electrons. The molecule has 0 aliphatic carbocycles. The maximum absolute atomic E-state index is 11.1. The van der Waals surface area contributed by atoms with Gasteiger partial charge in [0.1, 0.15) is 0 Å². The molecule has 0 aromatic rings. The molecule has 0 aliphatic rings. The first-order chi connectivity index (χ1) is 14.1. The maximum atomic E-state index is 11.1. The summed E-state index contributed by atoms with van der Waals surface area (Å²) in [7, 11) is 1.69. The van der Waals surface area contributed by atoms with E-state index in [-0.39, 0.29) is 11.9 Å². The van der Waals surface area contributed by atoms with E-state index in [0.29, 0.717) is 19.4 Å². The molecular formula is C25H51NO3. The molecule has 0 bridgehead atoms. The number of carbonyl (C=O) groups is 2. The Morgan fingerprint density at radius 2 is 0.966 bits per heavy atom. The molecule has 0 aromatic carbocycles. The molecule has 1 amide bonds. The van der Waals surface area contributed by atoms with Crippen LogP contribution in [0.5, 0.6) is 0 Å². The Hall–Kier alpha value is -1.06. The highest BCUT2D eigenvalue weighted by Crippen LogP contribution is 2.12. The average molecular weight is 414 g/mol. The lowest BCUT2D eigenvalue weighted by atomic mass is 10.1. The number of amides is 1. The topological polar surface area (TPSA) is 55.4 Å². The Kier molecular flexibility index (Phi) is 28.0. The van der Waals surface area contributed by atoms with E-state index in [1.807, 2.05) is 6.92 Å². The highest BCUT2D eigenvalue weighted by atomic mass is 16.5. The summed E-state index contributed by atoms with van der Waals surface area (Å²) in [5.41, 5.74) is 0. The molecular weight excluding hydrogens is 362 g/mol. The lowest BCUT2D eigenvalue weighted by Gasteiger charge is -2.03. The summed E-state index contributed by atoms with van der Waals surface area (Å²) in [6.45, 7) is 6.82. The summed E-state index contributed by atoms with van der Waals surface area (Å²) in [6.07, 6.45) is 21.9. The van der Waals surface area contributed by atoms with Gasteiger partial charge in [-0.05, 0) is 19.8 Å². The fourth-order valence-corrected chi connectivity index (χ4v) is 3.18. The van der Waals surface area contributed by atoms with Gasteiger partial charge in [0.15, 0.2) is 0 Å². The van der Waals surface area contributed by atoms with Gasteiger partial charge in [-0.1, -0.05) is 104 Å². The number of esters is 1. The summed E-state index contributed by atoms with van der Waals surface area (Å²) in [4.78, 5) is 21.8. The van der Waals surface area contributed by atoms with E-state index in [9.17, 15) is 9.59 Å². The van der Waals surface area contributed by atoms with Gasteiger partial charge in [-0.25, -0.2) is 0 Å². The number of carbonyl (C=O) groups excluding carboxylic acids is 2. The Morgan fingerprint density at radius 3 is 1.34 bits per heavy atom. The van der Waals surface area contributed by atoms with Crippen LogP contribution in [0.4, 0.5) is 0 Å². The van der Waals surface area contributed by atoms with Crippen LogP contribution >= 0.6 is 0 Å². The first kappa shape index (κ1) is 30.1. The fraction of sp³-hybridized carbons (Fsp3) is 0.920. The molecule has 0 aromatic heterocycles. The Balaban J connectivity index is 0. The van der Waals surface area contributed by atoms with Crippen molar-refractivity contribution < 1.29 is 14.3 Å². The quantitative estimate of drug-likeness (QED) is 0.178. The highest BCUT2D eigenvalue weighted by Gasteiger charge is 2.00. The molecule has 0 fully saturated rings. The standard InChI is InChI=1S/C16H32O2.C9H19NO/c1-3-5-6-7-8-9-10-11-12-13-14-15-16(17)18-4-2;1-3-4-5-6-7-8-9(11)10-2/h3-15H2,1-2H3;3-8H2,1-2H3,(H,10,11). The summed E-state index contributed by atoms with van der Waals surface area (Å²) in [5.74, 6) is 0.134. The van der Waals surface area contributed by atoms with Crippen LogP contribution in [0, 0.1) is 0 Å². The Labute approximate surface area is 181 Å². The molecule has 0 unspecified atom stereocenters. The van der Waals surface area contributed by atoms with Crippen LogP contribution in [0.15, 0.2) is 0 Å². The van der Waals surface area contributed by atoms with Gasteiger partial charge < -0.3 is 10.1 Å². The van der Waals surface area contributed by atoms with Crippen LogP contribution in [-0.4, -0.2) is 25.5 Å². The van der Waals surface area contributed by atoms with E-state index in [1.54, 1.807) is 7.05 Å². The number of hydrogen-bond donors (Lipinski definition) is 1. The van der Waals surface area contributed by atoms with Gasteiger partial charge in [-0.3, -0.25) is 9.59 Å². The summed E-state index contributed by atoms with van der Waals surface area (Å²) < 4.78 is 4.89. The molecule has 29 heavy (non-hydrogen) atoms. The van der Waals surface area contributed by atoms with Crippen molar-refractivity contribution in [3.05, 3.63) is 0 Å². The first-order valence-corrected chi connectivity index (χ1v) is 12.5. The highest BCUT2D eigenvalue weighted by molar-refractivity contribution is 5.75. The van der Waals surface area contributed by atoms with Crippen LogP contribution in [0.1, 0.15) is 136 Å². The SMILES string of the molecule is CCCCCCCC(=O)NC.CCCCCCCCCCCCCC(=O)OCC. The fourth-order valence-electron chi connectivity index (χ4n) is 3.18. The molecule has 0 atom stereocenters. The van der Waals surface area contributed by atoms with Crippen molar-refractivity contribution in [2.75, 3.05) is 13.7 Å². The minimum absolute atomic E-state index is 0.0339. The summed E-state index contributed by atoms with van der Waals surface area (Å²) >= 11 is 0. The predicted molar refractivity (Wildman–Crippen MR) is 125 cm³/mol. The third kappa shape index (κ3) is 29.2. The zero-order valence-corrected chi connectivity index (χ0v) is 20.2. The van der Waals surface area contributed by atoms with Crippen molar-refractivity contribution in [2.45, 2.75) is 136 Å². The van der Waals surface area contributed by atoms with Crippen molar-refractivity contribution in [3.63, 3.8) is 0 Å². The molecule has 0 saturated heterocycles. The average Bonchev–Trinajstić information content (AvgIpc) is 2.72. The summed E-state index contributed by atoms with van der Waals surface area (Å²) in [6, 6.07) is 0. The van der Waals surface area contributed by atoms with Crippen LogP contribution < -0.4 is 5.32 Å². The lowest BCUT2D eigenvalue weighted by molar-refractivity contribution is -0.143. The van der Waals surface area contributed by atoms with Crippen molar-refractivity contribution in [1.29, 1.82) is 0 Å². The second-order valence-electron chi connectivity index (χ2n) is 7.93. The normalized spacial score (nSPS) is 10.2. The maximum Gasteiger partial charge on any atom is 0.305 e. The van der Waals surface area contributed by atoms with Crippen molar-refractivity contribution in [1.82, 2.24) is 5.32 Å². The van der Waals surface area contributed by atoms with E-state index >= 15 is 0 Å². The smallest absolute Gasteiger partial charge is 0.305 e. The van der Waals surface area contributed by atoms with Gasteiger partial charge in [0.2, 0.25) is 5.91 Å². The van der Waals surface area contributed by atoms with Gasteiger partial charge in [0.25, 0.3) is 0 Å². The van der Waals surface area contributed by atoms with Crippen molar-refractivity contribution in [2.24, 2.45) is 0 Å². The Bertz CT molecular complexity index is 345. The third-order valence-corrected chi connectivity index (χ3v) is 5.08. The number of nitrogens with one attached hydrogen (secondary N) is 1. The first-order valence-electron chi connectivity index (χ1n) is 12.5. The summed E-state index contributed by atoms with van der Waals surface area (Å²) in [5, 5.41) is 2.62. The number of unbranched alkanes of at least 4 members (excludes halogenated alkanes) is 14. The van der Waals surface area contributed by atoms with Crippen LogP contribution in [0.25, 0.3) is 0 Å². The second kappa shape index (κ2) is 26.9. The zero-order valence-electron chi connectivity index (χ0n) is 20.2. The largest absolute Gasteiger partial charge is 0.466 e. The van der Waals surface area contributed by atoms with E-state index in [1.165, 1.54) is 89.9 Å². The van der Waals surface area contributed by atoms with Crippen LogP contribution in [0.2, 0.25) is 0 Å². The molecule has 4 heteroatoms. The van der Waals surface area contributed by atoms with Crippen LogP contribution in [0.3, 0.4) is 0 Å².